The maximum Gasteiger partial charge on any atom is 0.128 e. The van der Waals surface area contributed by atoms with E-state index in [1.165, 1.54) is 19.3 Å². The Morgan fingerprint density at radius 1 is 1.25 bits per heavy atom. The Morgan fingerprint density at radius 3 is 2.55 bits per heavy atom. The molecule has 1 saturated carbocycles. The van der Waals surface area contributed by atoms with E-state index in [0.717, 1.165) is 36.2 Å². The highest BCUT2D eigenvalue weighted by atomic mass is 79.9. The van der Waals surface area contributed by atoms with Crippen LogP contribution in [0.25, 0.3) is 0 Å². The maximum atomic E-state index is 14.2. The number of hydrogen-bond donors (Lipinski definition) is 1. The highest BCUT2D eigenvalue weighted by molar-refractivity contribution is 9.10. The summed E-state index contributed by atoms with van der Waals surface area (Å²) in [5.41, 5.74) is 0.876. The van der Waals surface area contributed by atoms with E-state index in [-0.39, 0.29) is 24.3 Å². The van der Waals surface area contributed by atoms with Gasteiger partial charge in [0.1, 0.15) is 5.82 Å². The predicted molar refractivity (Wildman–Crippen MR) is 85.9 cm³/mol. The summed E-state index contributed by atoms with van der Waals surface area (Å²) >= 11 is 3.48. The molecule has 1 N–H and O–H groups in total. The summed E-state index contributed by atoms with van der Waals surface area (Å²) in [4.78, 5) is 2.46. The molecule has 1 aliphatic carbocycles. The topological polar surface area (TPSA) is 15.3 Å². The van der Waals surface area contributed by atoms with Gasteiger partial charge in [-0.25, -0.2) is 4.39 Å². The molecule has 3 rings (SSSR count). The van der Waals surface area contributed by atoms with Gasteiger partial charge in [-0.2, -0.15) is 0 Å². The average molecular weight is 364 g/mol. The minimum absolute atomic E-state index is 0. The lowest BCUT2D eigenvalue weighted by Crippen LogP contribution is -2.48. The van der Waals surface area contributed by atoms with E-state index in [2.05, 4.69) is 26.1 Å². The van der Waals surface area contributed by atoms with Crippen LogP contribution in [0.2, 0.25) is 0 Å². The molecule has 1 aromatic rings. The quantitative estimate of drug-likeness (QED) is 0.880. The Bertz CT molecular complexity index is 447. The third kappa shape index (κ3) is 3.35. The van der Waals surface area contributed by atoms with Crippen molar-refractivity contribution in [1.82, 2.24) is 10.2 Å². The van der Waals surface area contributed by atoms with Crippen LogP contribution >= 0.6 is 28.3 Å². The van der Waals surface area contributed by atoms with Crippen LogP contribution < -0.4 is 5.32 Å². The van der Waals surface area contributed by atoms with Crippen molar-refractivity contribution in [3.63, 3.8) is 0 Å². The third-order valence-electron chi connectivity index (χ3n) is 4.42. The van der Waals surface area contributed by atoms with Crippen molar-refractivity contribution in [2.45, 2.75) is 25.3 Å². The van der Waals surface area contributed by atoms with E-state index in [1.54, 1.807) is 12.1 Å². The van der Waals surface area contributed by atoms with Crippen molar-refractivity contribution >= 4 is 28.3 Å². The van der Waals surface area contributed by atoms with Crippen LogP contribution in [0.3, 0.4) is 0 Å². The first-order valence-electron chi connectivity index (χ1n) is 7.15. The molecule has 0 bridgehead atoms. The fourth-order valence-electron chi connectivity index (χ4n) is 3.21. The Morgan fingerprint density at radius 2 is 1.95 bits per heavy atom. The summed E-state index contributed by atoms with van der Waals surface area (Å²) in [7, 11) is 0. The summed E-state index contributed by atoms with van der Waals surface area (Å²) in [5, 5.41) is 3.38. The van der Waals surface area contributed by atoms with Gasteiger partial charge < -0.3 is 5.32 Å². The van der Waals surface area contributed by atoms with Gasteiger partial charge in [0, 0.05) is 42.3 Å². The molecule has 0 spiro atoms. The molecular formula is C15H21BrClFN2. The van der Waals surface area contributed by atoms with E-state index in [4.69, 9.17) is 0 Å². The molecule has 5 heteroatoms. The third-order valence-corrected chi connectivity index (χ3v) is 4.91. The van der Waals surface area contributed by atoms with Crippen molar-refractivity contribution in [1.29, 1.82) is 0 Å². The van der Waals surface area contributed by atoms with Gasteiger partial charge in [0.25, 0.3) is 0 Å². The lowest BCUT2D eigenvalue weighted by molar-refractivity contribution is 0.0811. The van der Waals surface area contributed by atoms with Gasteiger partial charge in [0.05, 0.1) is 0 Å². The molecule has 1 aromatic carbocycles. The van der Waals surface area contributed by atoms with Crippen LogP contribution in [0.1, 0.15) is 30.9 Å². The lowest BCUT2D eigenvalue weighted by atomic mass is 9.76. The SMILES string of the molecule is Cl.Fc1ccc(Br)cc1[C@H](C1CCC1)N1CCNCC1. The van der Waals surface area contributed by atoms with Crippen molar-refractivity contribution in [3.05, 3.63) is 34.1 Å². The molecule has 0 amide bonds. The van der Waals surface area contributed by atoms with Gasteiger partial charge >= 0.3 is 0 Å². The molecule has 2 fully saturated rings. The molecule has 1 heterocycles. The minimum Gasteiger partial charge on any atom is -0.314 e. The smallest absolute Gasteiger partial charge is 0.128 e. The first kappa shape index (κ1) is 16.2. The molecule has 0 aromatic heterocycles. The molecule has 0 unspecified atom stereocenters. The van der Waals surface area contributed by atoms with Crippen molar-refractivity contribution < 1.29 is 4.39 Å². The molecule has 1 saturated heterocycles. The number of piperazine rings is 1. The fourth-order valence-corrected chi connectivity index (χ4v) is 3.58. The number of nitrogens with zero attached hydrogens (tertiary/aromatic N) is 1. The van der Waals surface area contributed by atoms with Crippen LogP contribution in [-0.4, -0.2) is 31.1 Å². The first-order valence-corrected chi connectivity index (χ1v) is 7.95. The zero-order valence-corrected chi connectivity index (χ0v) is 13.9. The monoisotopic (exact) mass is 362 g/mol. The Kier molecular flexibility index (Phi) is 5.84. The summed E-state index contributed by atoms with van der Waals surface area (Å²) in [6.45, 7) is 4.07. The number of benzene rings is 1. The van der Waals surface area contributed by atoms with Crippen LogP contribution in [0.4, 0.5) is 4.39 Å². The van der Waals surface area contributed by atoms with E-state index in [9.17, 15) is 4.39 Å². The molecule has 2 nitrogen and oxygen atoms in total. The normalized spacial score (nSPS) is 21.9. The van der Waals surface area contributed by atoms with Crippen LogP contribution in [-0.2, 0) is 0 Å². The number of halogens is 3. The zero-order valence-electron chi connectivity index (χ0n) is 11.4. The molecule has 2 aliphatic rings. The van der Waals surface area contributed by atoms with E-state index >= 15 is 0 Å². The van der Waals surface area contributed by atoms with Gasteiger partial charge in [0.15, 0.2) is 0 Å². The Balaban J connectivity index is 0.00000147. The van der Waals surface area contributed by atoms with E-state index in [0.29, 0.717) is 5.92 Å². The van der Waals surface area contributed by atoms with Crippen LogP contribution in [0.15, 0.2) is 22.7 Å². The second kappa shape index (κ2) is 7.21. The maximum absolute atomic E-state index is 14.2. The molecular weight excluding hydrogens is 343 g/mol. The Labute approximate surface area is 134 Å². The summed E-state index contributed by atoms with van der Waals surface area (Å²) in [5.74, 6) is 0.570. The first-order chi connectivity index (χ1) is 9.25. The Hall–Kier alpha value is -0.160. The van der Waals surface area contributed by atoms with Gasteiger partial charge in [0.2, 0.25) is 0 Å². The van der Waals surface area contributed by atoms with Crippen molar-refractivity contribution in [2.24, 2.45) is 5.92 Å². The highest BCUT2D eigenvalue weighted by Crippen LogP contribution is 2.42. The number of rotatable bonds is 3. The van der Waals surface area contributed by atoms with Crippen molar-refractivity contribution in [2.75, 3.05) is 26.2 Å². The predicted octanol–water partition coefficient (Wildman–Crippen LogP) is 3.76. The molecule has 1 atom stereocenters. The fraction of sp³-hybridized carbons (Fsp3) is 0.600. The van der Waals surface area contributed by atoms with Gasteiger partial charge in [-0.15, -0.1) is 12.4 Å². The second-order valence-corrected chi connectivity index (χ2v) is 6.50. The second-order valence-electron chi connectivity index (χ2n) is 5.59. The van der Waals surface area contributed by atoms with Crippen molar-refractivity contribution in [3.8, 4) is 0 Å². The molecule has 1 aliphatic heterocycles. The molecule has 112 valence electrons. The number of hydrogen-bond acceptors (Lipinski definition) is 2. The molecule has 0 radical (unpaired) electrons. The van der Waals surface area contributed by atoms with E-state index < -0.39 is 0 Å². The minimum atomic E-state index is -0.0568. The summed E-state index contributed by atoms with van der Waals surface area (Å²) in [6, 6.07) is 5.61. The average Bonchev–Trinajstić information content (AvgIpc) is 2.38. The summed E-state index contributed by atoms with van der Waals surface area (Å²) < 4.78 is 15.2. The largest absolute Gasteiger partial charge is 0.314 e. The molecule has 20 heavy (non-hydrogen) atoms. The van der Waals surface area contributed by atoms with Crippen LogP contribution in [0.5, 0.6) is 0 Å². The van der Waals surface area contributed by atoms with E-state index in [1.807, 2.05) is 6.07 Å². The standard InChI is InChI=1S/C15H20BrFN2.ClH/c16-12-4-5-14(17)13(10-12)15(11-2-1-3-11)19-8-6-18-7-9-19;/h4-5,10-11,15,18H,1-3,6-9H2;1H/t15-;/m0./s1. The van der Waals surface area contributed by atoms with Gasteiger partial charge in [-0.05, 0) is 37.0 Å². The number of nitrogens with one attached hydrogen (secondary N) is 1. The lowest BCUT2D eigenvalue weighted by Gasteiger charge is -2.43. The van der Waals surface area contributed by atoms with Gasteiger partial charge in [-0.3, -0.25) is 4.90 Å². The summed E-state index contributed by atoms with van der Waals surface area (Å²) in [6.07, 6.45) is 3.77. The zero-order chi connectivity index (χ0) is 13.2. The van der Waals surface area contributed by atoms with Gasteiger partial charge in [-0.1, -0.05) is 22.4 Å². The van der Waals surface area contributed by atoms with Crippen LogP contribution in [0, 0.1) is 11.7 Å². The highest BCUT2D eigenvalue weighted by Gasteiger charge is 2.35.